The Morgan fingerprint density at radius 1 is 1.23 bits per heavy atom. The van der Waals surface area contributed by atoms with Crippen molar-refractivity contribution >= 4 is 17.5 Å². The van der Waals surface area contributed by atoms with Gasteiger partial charge in [0.2, 0.25) is 5.91 Å². The van der Waals surface area contributed by atoms with Crippen molar-refractivity contribution in [1.29, 1.82) is 0 Å². The van der Waals surface area contributed by atoms with Crippen LogP contribution in [0.3, 0.4) is 0 Å². The summed E-state index contributed by atoms with van der Waals surface area (Å²) in [7, 11) is 3.18. The van der Waals surface area contributed by atoms with Gasteiger partial charge in [-0.2, -0.15) is 5.10 Å². The van der Waals surface area contributed by atoms with Crippen molar-refractivity contribution < 1.29 is 23.5 Å². The SMILES string of the molecule is CCC(=O)N(CCOC)CC(=O)N1N=C(c2ccc(OC)cc2)CC1c1ccco1. The molecule has 2 aromatic rings. The van der Waals surface area contributed by atoms with E-state index in [0.717, 1.165) is 17.0 Å². The summed E-state index contributed by atoms with van der Waals surface area (Å²) in [6, 6.07) is 10.8. The number of methoxy groups -OCH3 is 2. The van der Waals surface area contributed by atoms with Crippen LogP contribution in [-0.4, -0.2) is 61.4 Å². The van der Waals surface area contributed by atoms with Crippen LogP contribution in [0.5, 0.6) is 5.75 Å². The lowest BCUT2D eigenvalue weighted by molar-refractivity contribution is -0.142. The third-order valence-corrected chi connectivity index (χ3v) is 5.01. The molecule has 8 heteroatoms. The zero-order valence-electron chi connectivity index (χ0n) is 17.5. The summed E-state index contributed by atoms with van der Waals surface area (Å²) < 4.78 is 15.9. The molecule has 0 N–H and O–H groups in total. The maximum absolute atomic E-state index is 13.1. The Labute approximate surface area is 176 Å². The molecule has 1 unspecified atom stereocenters. The number of rotatable bonds is 9. The average Bonchev–Trinajstić information content (AvgIpc) is 3.46. The van der Waals surface area contributed by atoms with Gasteiger partial charge in [-0.1, -0.05) is 6.92 Å². The number of hydrogen-bond acceptors (Lipinski definition) is 6. The van der Waals surface area contributed by atoms with Crippen molar-refractivity contribution in [2.75, 3.05) is 33.9 Å². The average molecular weight is 413 g/mol. The fourth-order valence-electron chi connectivity index (χ4n) is 3.35. The van der Waals surface area contributed by atoms with E-state index in [4.69, 9.17) is 13.9 Å². The number of benzene rings is 1. The monoisotopic (exact) mass is 413 g/mol. The zero-order chi connectivity index (χ0) is 21.5. The van der Waals surface area contributed by atoms with Crippen LogP contribution in [0.15, 0.2) is 52.2 Å². The summed E-state index contributed by atoms with van der Waals surface area (Å²) in [6.07, 6.45) is 2.42. The fraction of sp³-hybridized carbons (Fsp3) is 0.409. The van der Waals surface area contributed by atoms with Gasteiger partial charge in [-0.3, -0.25) is 9.59 Å². The molecule has 0 saturated carbocycles. The maximum atomic E-state index is 13.1. The van der Waals surface area contributed by atoms with E-state index in [9.17, 15) is 9.59 Å². The van der Waals surface area contributed by atoms with Gasteiger partial charge in [0.15, 0.2) is 0 Å². The highest BCUT2D eigenvalue weighted by Gasteiger charge is 2.35. The summed E-state index contributed by atoms with van der Waals surface area (Å²) in [4.78, 5) is 26.9. The van der Waals surface area contributed by atoms with E-state index in [0.29, 0.717) is 31.8 Å². The first-order chi connectivity index (χ1) is 14.6. The quantitative estimate of drug-likeness (QED) is 0.631. The smallest absolute Gasteiger partial charge is 0.262 e. The molecule has 0 radical (unpaired) electrons. The lowest BCUT2D eigenvalue weighted by Gasteiger charge is -2.25. The molecular weight excluding hydrogens is 386 g/mol. The van der Waals surface area contributed by atoms with Gasteiger partial charge in [-0.15, -0.1) is 0 Å². The van der Waals surface area contributed by atoms with Crippen molar-refractivity contribution in [3.63, 3.8) is 0 Å². The van der Waals surface area contributed by atoms with Crippen molar-refractivity contribution in [3.8, 4) is 5.75 Å². The van der Waals surface area contributed by atoms with Gasteiger partial charge in [-0.25, -0.2) is 5.01 Å². The van der Waals surface area contributed by atoms with Gasteiger partial charge >= 0.3 is 0 Å². The minimum Gasteiger partial charge on any atom is -0.497 e. The normalized spacial score (nSPS) is 15.8. The molecule has 0 aliphatic carbocycles. The van der Waals surface area contributed by atoms with Crippen LogP contribution < -0.4 is 4.74 Å². The Balaban J connectivity index is 1.84. The van der Waals surface area contributed by atoms with Crippen LogP contribution in [-0.2, 0) is 14.3 Å². The number of nitrogens with zero attached hydrogens (tertiary/aromatic N) is 3. The molecule has 1 aliphatic rings. The number of hydrogen-bond donors (Lipinski definition) is 0. The van der Waals surface area contributed by atoms with Crippen LogP contribution in [0, 0.1) is 0 Å². The van der Waals surface area contributed by atoms with Crippen LogP contribution >= 0.6 is 0 Å². The Morgan fingerprint density at radius 3 is 2.60 bits per heavy atom. The molecule has 0 fully saturated rings. The third kappa shape index (κ3) is 4.88. The summed E-state index contributed by atoms with van der Waals surface area (Å²) in [5.74, 6) is 1.03. The van der Waals surface area contributed by atoms with Gasteiger partial charge in [0.1, 0.15) is 24.1 Å². The second-order valence-corrected chi connectivity index (χ2v) is 6.91. The lowest BCUT2D eigenvalue weighted by atomic mass is 10.0. The van der Waals surface area contributed by atoms with Crippen molar-refractivity contribution in [3.05, 3.63) is 54.0 Å². The van der Waals surface area contributed by atoms with Gasteiger partial charge in [0.25, 0.3) is 5.91 Å². The Bertz CT molecular complexity index is 877. The number of carbonyl (C=O) groups excluding carboxylic acids is 2. The van der Waals surface area contributed by atoms with E-state index >= 15 is 0 Å². The predicted octanol–water partition coefficient (Wildman–Crippen LogP) is 2.85. The molecular formula is C22H27N3O5. The molecule has 0 bridgehead atoms. The first-order valence-electron chi connectivity index (χ1n) is 9.91. The molecule has 160 valence electrons. The minimum atomic E-state index is -0.356. The molecule has 1 aromatic carbocycles. The molecule has 1 aliphatic heterocycles. The molecule has 3 rings (SSSR count). The largest absolute Gasteiger partial charge is 0.497 e. The van der Waals surface area contributed by atoms with E-state index < -0.39 is 0 Å². The third-order valence-electron chi connectivity index (χ3n) is 5.01. The predicted molar refractivity (Wildman–Crippen MR) is 111 cm³/mol. The highest BCUT2D eigenvalue weighted by molar-refractivity contribution is 6.03. The number of ether oxygens (including phenoxy) is 2. The van der Waals surface area contributed by atoms with E-state index in [1.807, 2.05) is 30.3 Å². The minimum absolute atomic E-state index is 0.0629. The molecule has 1 atom stereocenters. The van der Waals surface area contributed by atoms with Gasteiger partial charge in [0, 0.05) is 26.5 Å². The van der Waals surface area contributed by atoms with Crippen LogP contribution in [0.4, 0.5) is 0 Å². The van der Waals surface area contributed by atoms with Crippen molar-refractivity contribution in [2.45, 2.75) is 25.8 Å². The summed E-state index contributed by atoms with van der Waals surface area (Å²) in [6.45, 7) is 2.42. The van der Waals surface area contributed by atoms with Crippen LogP contribution in [0.2, 0.25) is 0 Å². The topological polar surface area (TPSA) is 84.6 Å². The second-order valence-electron chi connectivity index (χ2n) is 6.91. The maximum Gasteiger partial charge on any atom is 0.262 e. The molecule has 0 saturated heterocycles. The molecule has 8 nitrogen and oxygen atoms in total. The Morgan fingerprint density at radius 2 is 2.00 bits per heavy atom. The molecule has 2 amide bonds. The van der Waals surface area contributed by atoms with Gasteiger partial charge in [0.05, 0.1) is 25.7 Å². The van der Waals surface area contributed by atoms with Gasteiger partial charge < -0.3 is 18.8 Å². The summed E-state index contributed by atoms with van der Waals surface area (Å²) in [5, 5.41) is 6.03. The summed E-state index contributed by atoms with van der Waals surface area (Å²) >= 11 is 0. The molecule has 2 heterocycles. The molecule has 30 heavy (non-hydrogen) atoms. The second kappa shape index (κ2) is 10.1. The summed E-state index contributed by atoms with van der Waals surface area (Å²) in [5.41, 5.74) is 1.68. The van der Waals surface area contributed by atoms with E-state index in [1.165, 1.54) is 9.91 Å². The van der Waals surface area contributed by atoms with E-state index in [2.05, 4.69) is 5.10 Å². The van der Waals surface area contributed by atoms with Gasteiger partial charge in [-0.05, 0) is 42.0 Å². The number of hydrazone groups is 1. The zero-order valence-corrected chi connectivity index (χ0v) is 17.5. The first-order valence-corrected chi connectivity index (χ1v) is 9.91. The van der Waals surface area contributed by atoms with Crippen LogP contribution in [0.25, 0.3) is 0 Å². The van der Waals surface area contributed by atoms with E-state index in [1.54, 1.807) is 33.5 Å². The highest BCUT2D eigenvalue weighted by Crippen LogP contribution is 2.33. The standard InChI is InChI=1S/C22H27N3O5/c1-4-21(26)24(11-13-28-2)15-22(27)25-19(20-6-5-12-30-20)14-18(23-25)16-7-9-17(29-3)10-8-16/h5-10,12,19H,4,11,13-15H2,1-3H3. The number of carbonyl (C=O) groups is 2. The van der Waals surface area contributed by atoms with E-state index in [-0.39, 0.29) is 24.4 Å². The lowest BCUT2D eigenvalue weighted by Crippen LogP contribution is -2.42. The molecule has 1 aromatic heterocycles. The Hall–Kier alpha value is -3.13. The number of furan rings is 1. The van der Waals surface area contributed by atoms with Crippen LogP contribution in [0.1, 0.15) is 37.1 Å². The van der Waals surface area contributed by atoms with Crippen molar-refractivity contribution in [1.82, 2.24) is 9.91 Å². The number of amides is 2. The van der Waals surface area contributed by atoms with Crippen molar-refractivity contribution in [2.24, 2.45) is 5.10 Å². The fourth-order valence-corrected chi connectivity index (χ4v) is 3.35. The highest BCUT2D eigenvalue weighted by atomic mass is 16.5. The molecule has 0 spiro atoms. The Kier molecular flexibility index (Phi) is 7.24. The first kappa shape index (κ1) is 21.6.